The Balaban J connectivity index is 1.72. The predicted octanol–water partition coefficient (Wildman–Crippen LogP) is 5.30. The normalized spacial score (nSPS) is 13.3. The van der Waals surface area contributed by atoms with E-state index in [1.54, 1.807) is 17.0 Å². The molecule has 1 N–H and O–H groups in total. The van der Waals surface area contributed by atoms with Gasteiger partial charge in [-0.25, -0.2) is 9.37 Å². The van der Waals surface area contributed by atoms with Gasteiger partial charge in [0, 0.05) is 29.9 Å². The second kappa shape index (κ2) is 8.38. The van der Waals surface area contributed by atoms with Crippen molar-refractivity contribution in [1.29, 1.82) is 0 Å². The molecule has 0 atom stereocenters. The minimum absolute atomic E-state index is 0.0272. The molecular weight excluding hydrogens is 391 g/mol. The molecule has 0 saturated heterocycles. The van der Waals surface area contributed by atoms with Gasteiger partial charge in [-0.2, -0.15) is 0 Å². The van der Waals surface area contributed by atoms with Crippen LogP contribution < -0.4 is 5.32 Å². The number of amides is 1. The van der Waals surface area contributed by atoms with E-state index in [0.29, 0.717) is 25.2 Å². The molecule has 31 heavy (non-hydrogen) atoms. The Hall–Kier alpha value is -3.41. The van der Waals surface area contributed by atoms with Gasteiger partial charge in [0.05, 0.1) is 6.54 Å². The molecule has 0 unspecified atom stereocenters. The summed E-state index contributed by atoms with van der Waals surface area (Å²) in [5.41, 5.74) is 4.30. The Morgan fingerprint density at radius 3 is 2.42 bits per heavy atom. The van der Waals surface area contributed by atoms with E-state index in [1.807, 2.05) is 45.0 Å². The molecule has 1 amide bonds. The first kappa shape index (κ1) is 20.8. The molecule has 5 nitrogen and oxygen atoms in total. The highest BCUT2D eigenvalue weighted by Gasteiger charge is 2.28. The Morgan fingerprint density at radius 2 is 1.77 bits per heavy atom. The number of rotatable bonds is 5. The second-order valence-electron chi connectivity index (χ2n) is 8.28. The number of hydrogen-bond acceptors (Lipinski definition) is 3. The number of halogens is 1. The summed E-state index contributed by atoms with van der Waals surface area (Å²) >= 11 is 0. The van der Waals surface area contributed by atoms with E-state index in [1.165, 1.54) is 17.7 Å². The molecule has 160 valence electrons. The molecule has 3 aromatic rings. The van der Waals surface area contributed by atoms with Crippen LogP contribution in [0.25, 0.3) is 11.3 Å². The summed E-state index contributed by atoms with van der Waals surface area (Å²) in [5, 5.41) is 3.49. The van der Waals surface area contributed by atoms with Crippen molar-refractivity contribution in [1.82, 2.24) is 14.5 Å². The van der Waals surface area contributed by atoms with Crippen molar-refractivity contribution in [2.24, 2.45) is 5.92 Å². The van der Waals surface area contributed by atoms with Crippen molar-refractivity contribution >= 4 is 17.4 Å². The van der Waals surface area contributed by atoms with Crippen LogP contribution in [0.3, 0.4) is 0 Å². The van der Waals surface area contributed by atoms with E-state index in [2.05, 4.69) is 16.5 Å². The molecule has 2 heterocycles. The lowest BCUT2D eigenvalue weighted by Gasteiger charge is -2.30. The van der Waals surface area contributed by atoms with Crippen LogP contribution in [0.1, 0.15) is 25.2 Å². The van der Waals surface area contributed by atoms with E-state index in [0.717, 1.165) is 28.6 Å². The van der Waals surface area contributed by atoms with Crippen LogP contribution in [-0.2, 0) is 17.9 Å². The SMILES string of the molecule is C=C(C(=O)N1CCn2c(nc(-c3ccc(F)cc3)c2Nc2ccc(C)cc2)C1)C(C)C. The Bertz CT molecular complexity index is 1110. The van der Waals surface area contributed by atoms with Crippen LogP contribution in [0.2, 0.25) is 0 Å². The van der Waals surface area contributed by atoms with E-state index in [9.17, 15) is 9.18 Å². The minimum Gasteiger partial charge on any atom is -0.340 e. The van der Waals surface area contributed by atoms with Gasteiger partial charge in [0.25, 0.3) is 0 Å². The van der Waals surface area contributed by atoms with E-state index in [4.69, 9.17) is 4.98 Å². The minimum atomic E-state index is -0.287. The number of aromatic nitrogens is 2. The number of hydrogen-bond donors (Lipinski definition) is 1. The van der Waals surface area contributed by atoms with Gasteiger partial charge in [-0.3, -0.25) is 4.79 Å². The molecule has 0 spiro atoms. The van der Waals surface area contributed by atoms with Crippen LogP contribution >= 0.6 is 0 Å². The molecule has 1 aliphatic heterocycles. The quantitative estimate of drug-likeness (QED) is 0.573. The summed E-state index contributed by atoms with van der Waals surface area (Å²) in [4.78, 5) is 19.5. The monoisotopic (exact) mass is 418 g/mol. The van der Waals surface area contributed by atoms with Crippen LogP contribution in [0.15, 0.2) is 60.7 Å². The zero-order valence-electron chi connectivity index (χ0n) is 18.2. The molecule has 0 radical (unpaired) electrons. The number of aryl methyl sites for hydroxylation is 1. The highest BCUT2D eigenvalue weighted by Crippen LogP contribution is 2.33. The summed E-state index contributed by atoms with van der Waals surface area (Å²) in [5.74, 6) is 1.43. The number of anilines is 2. The van der Waals surface area contributed by atoms with Crippen molar-refractivity contribution in [3.05, 3.63) is 77.9 Å². The van der Waals surface area contributed by atoms with Crippen molar-refractivity contribution in [2.75, 3.05) is 11.9 Å². The molecule has 4 rings (SSSR count). The average molecular weight is 419 g/mol. The summed E-state index contributed by atoms with van der Waals surface area (Å²) < 4.78 is 15.6. The molecular formula is C25H27FN4O. The zero-order valence-corrected chi connectivity index (χ0v) is 18.2. The molecule has 1 aromatic heterocycles. The van der Waals surface area contributed by atoms with Gasteiger partial charge >= 0.3 is 0 Å². The zero-order chi connectivity index (χ0) is 22.1. The summed E-state index contributed by atoms with van der Waals surface area (Å²) in [7, 11) is 0. The first-order valence-electron chi connectivity index (χ1n) is 10.5. The lowest BCUT2D eigenvalue weighted by molar-refractivity contribution is -0.129. The third-order valence-electron chi connectivity index (χ3n) is 5.66. The van der Waals surface area contributed by atoms with Crippen molar-refractivity contribution < 1.29 is 9.18 Å². The standard InChI is InChI=1S/C25H27FN4O/c1-16(2)18(4)25(31)29-13-14-30-22(15-29)28-23(19-7-9-20(26)10-8-19)24(30)27-21-11-5-17(3)6-12-21/h5-12,16,27H,4,13-15H2,1-3H3. The lowest BCUT2D eigenvalue weighted by Crippen LogP contribution is -2.39. The number of nitrogens with one attached hydrogen (secondary N) is 1. The van der Waals surface area contributed by atoms with Crippen LogP contribution in [-0.4, -0.2) is 26.9 Å². The molecule has 2 aromatic carbocycles. The number of carbonyl (C=O) groups excluding carboxylic acids is 1. The molecule has 0 bridgehead atoms. The Morgan fingerprint density at radius 1 is 1.10 bits per heavy atom. The summed E-state index contributed by atoms with van der Waals surface area (Å²) in [6.45, 7) is 11.6. The highest BCUT2D eigenvalue weighted by molar-refractivity contribution is 5.93. The first-order valence-corrected chi connectivity index (χ1v) is 10.5. The third kappa shape index (κ3) is 4.24. The number of benzene rings is 2. The van der Waals surface area contributed by atoms with Crippen LogP contribution in [0, 0.1) is 18.7 Å². The van der Waals surface area contributed by atoms with Crippen LogP contribution in [0.5, 0.6) is 0 Å². The van der Waals surface area contributed by atoms with Gasteiger partial charge < -0.3 is 14.8 Å². The van der Waals surface area contributed by atoms with E-state index >= 15 is 0 Å². The summed E-state index contributed by atoms with van der Waals surface area (Å²) in [6, 6.07) is 14.5. The Labute approximate surface area is 182 Å². The van der Waals surface area contributed by atoms with Gasteiger partial charge in [0.1, 0.15) is 23.2 Å². The fourth-order valence-electron chi connectivity index (χ4n) is 3.66. The van der Waals surface area contributed by atoms with Gasteiger partial charge in [0.15, 0.2) is 0 Å². The molecule has 1 aliphatic rings. The fourth-order valence-corrected chi connectivity index (χ4v) is 3.66. The molecule has 6 heteroatoms. The highest BCUT2D eigenvalue weighted by atomic mass is 19.1. The van der Waals surface area contributed by atoms with Crippen molar-refractivity contribution in [3.8, 4) is 11.3 Å². The Kier molecular flexibility index (Phi) is 5.63. The smallest absolute Gasteiger partial charge is 0.249 e. The number of carbonyl (C=O) groups is 1. The van der Waals surface area contributed by atoms with Gasteiger partial charge in [-0.05, 0) is 49.2 Å². The number of nitrogens with zero attached hydrogens (tertiary/aromatic N) is 3. The number of fused-ring (bicyclic) bond motifs is 1. The van der Waals surface area contributed by atoms with E-state index in [-0.39, 0.29) is 17.6 Å². The maximum atomic E-state index is 13.5. The van der Waals surface area contributed by atoms with Crippen molar-refractivity contribution in [2.45, 2.75) is 33.9 Å². The van der Waals surface area contributed by atoms with Crippen molar-refractivity contribution in [3.63, 3.8) is 0 Å². The molecule has 0 fully saturated rings. The van der Waals surface area contributed by atoms with Gasteiger partial charge in [-0.15, -0.1) is 0 Å². The average Bonchev–Trinajstić information content (AvgIpc) is 3.12. The number of imidazole rings is 1. The topological polar surface area (TPSA) is 50.2 Å². The van der Waals surface area contributed by atoms with Gasteiger partial charge in [-0.1, -0.05) is 38.1 Å². The molecule has 0 aliphatic carbocycles. The largest absolute Gasteiger partial charge is 0.340 e. The lowest BCUT2D eigenvalue weighted by atomic mass is 10.0. The van der Waals surface area contributed by atoms with E-state index < -0.39 is 0 Å². The first-order chi connectivity index (χ1) is 14.8. The fraction of sp³-hybridized carbons (Fsp3) is 0.280. The van der Waals surface area contributed by atoms with Gasteiger partial charge in [0.2, 0.25) is 5.91 Å². The summed E-state index contributed by atoms with van der Waals surface area (Å²) in [6.07, 6.45) is 0. The second-order valence-corrected chi connectivity index (χ2v) is 8.28. The predicted molar refractivity (Wildman–Crippen MR) is 121 cm³/mol. The maximum Gasteiger partial charge on any atom is 0.249 e. The maximum absolute atomic E-state index is 13.5. The third-order valence-corrected chi connectivity index (χ3v) is 5.66. The molecule has 0 saturated carbocycles. The van der Waals surface area contributed by atoms with Crippen LogP contribution in [0.4, 0.5) is 15.9 Å².